The lowest BCUT2D eigenvalue weighted by Gasteiger charge is -2.14. The van der Waals surface area contributed by atoms with Gasteiger partial charge in [-0.05, 0) is 37.3 Å². The second-order valence-corrected chi connectivity index (χ2v) is 7.88. The number of nitrogens with two attached hydrogens (primary N) is 1. The molecule has 2 aromatic rings. The largest absolute Gasteiger partial charge is 0.469 e. The van der Waals surface area contributed by atoms with E-state index in [1.165, 1.54) is 7.11 Å². The molecular weight excluding hydrogens is 304 g/mol. The molecule has 1 aromatic heterocycles. The van der Waals surface area contributed by atoms with E-state index in [0.717, 1.165) is 44.4 Å². The van der Waals surface area contributed by atoms with Crippen LogP contribution in [0.5, 0.6) is 0 Å². The Morgan fingerprint density at radius 3 is 2.95 bits per heavy atom. The van der Waals surface area contributed by atoms with Crippen LogP contribution in [0.2, 0.25) is 0 Å². The molecule has 0 unspecified atom stereocenters. The molecule has 112 valence electrons. The molecule has 1 fully saturated rings. The zero-order valence-corrected chi connectivity index (χ0v) is 13.8. The van der Waals surface area contributed by atoms with Gasteiger partial charge >= 0.3 is 5.97 Å². The van der Waals surface area contributed by atoms with Crippen LogP contribution in [0.25, 0.3) is 10.2 Å². The van der Waals surface area contributed by atoms with Gasteiger partial charge in [-0.25, -0.2) is 4.98 Å². The molecule has 6 heteroatoms. The predicted molar refractivity (Wildman–Crippen MR) is 87.8 cm³/mol. The zero-order valence-electron chi connectivity index (χ0n) is 12.1. The molecule has 21 heavy (non-hydrogen) atoms. The van der Waals surface area contributed by atoms with Crippen LogP contribution >= 0.6 is 23.1 Å². The van der Waals surface area contributed by atoms with Gasteiger partial charge in [0.1, 0.15) is 0 Å². The molecule has 3 rings (SSSR count). The van der Waals surface area contributed by atoms with Gasteiger partial charge in [0.05, 0.1) is 28.8 Å². The van der Waals surface area contributed by atoms with Crippen molar-refractivity contribution in [3.05, 3.63) is 17.1 Å². The number of thioether (sulfide) groups is 1. The number of thiazole rings is 1. The molecular formula is C15H18N2O2S2. The van der Waals surface area contributed by atoms with Crippen molar-refractivity contribution < 1.29 is 9.53 Å². The molecule has 1 aromatic carbocycles. The second kappa shape index (κ2) is 5.50. The summed E-state index contributed by atoms with van der Waals surface area (Å²) in [5, 5.41) is 1.05. The third kappa shape index (κ3) is 3.16. The van der Waals surface area contributed by atoms with Crippen molar-refractivity contribution in [1.29, 1.82) is 0 Å². The molecule has 2 N–H and O–H groups in total. The van der Waals surface area contributed by atoms with Crippen molar-refractivity contribution in [2.24, 2.45) is 5.41 Å². The number of anilines is 1. The summed E-state index contributed by atoms with van der Waals surface area (Å²) in [5.74, 6) is 0.785. The number of carbonyl (C=O) groups excluding carboxylic acids is 1. The van der Waals surface area contributed by atoms with Crippen molar-refractivity contribution in [2.45, 2.75) is 31.1 Å². The van der Waals surface area contributed by atoms with Crippen LogP contribution in [0.15, 0.2) is 17.0 Å². The van der Waals surface area contributed by atoms with Gasteiger partial charge in [-0.1, -0.05) is 0 Å². The molecule has 1 saturated carbocycles. The van der Waals surface area contributed by atoms with Gasteiger partial charge in [-0.3, -0.25) is 4.79 Å². The number of nitrogen functional groups attached to an aromatic ring is 1. The maximum Gasteiger partial charge on any atom is 0.306 e. The summed E-state index contributed by atoms with van der Waals surface area (Å²) >= 11 is 3.39. The number of esters is 1. The third-order valence-corrected chi connectivity index (χ3v) is 6.22. The second-order valence-electron chi connectivity index (χ2n) is 5.63. The normalized spacial score (nSPS) is 16.1. The lowest BCUT2D eigenvalue weighted by atomic mass is 10.1. The Hall–Kier alpha value is -1.27. The van der Waals surface area contributed by atoms with Crippen molar-refractivity contribution in [3.8, 4) is 0 Å². The molecule has 0 saturated heterocycles. The van der Waals surface area contributed by atoms with E-state index in [2.05, 4.69) is 11.1 Å². The van der Waals surface area contributed by atoms with Crippen LogP contribution < -0.4 is 5.73 Å². The van der Waals surface area contributed by atoms with Gasteiger partial charge in [0, 0.05) is 16.3 Å². The monoisotopic (exact) mass is 322 g/mol. The number of benzene rings is 1. The molecule has 0 bridgehead atoms. The molecule has 0 spiro atoms. The fourth-order valence-corrected chi connectivity index (χ4v) is 4.50. The Morgan fingerprint density at radius 1 is 1.52 bits per heavy atom. The van der Waals surface area contributed by atoms with E-state index >= 15 is 0 Å². The average molecular weight is 322 g/mol. The summed E-state index contributed by atoms with van der Waals surface area (Å²) in [6, 6.07) is 4.06. The van der Waals surface area contributed by atoms with Crippen molar-refractivity contribution in [3.63, 3.8) is 0 Å². The maximum absolute atomic E-state index is 11.5. The number of carbonyl (C=O) groups is 1. The number of rotatable bonds is 5. The maximum atomic E-state index is 11.5. The van der Waals surface area contributed by atoms with Crippen molar-refractivity contribution >= 4 is 45.0 Å². The van der Waals surface area contributed by atoms with E-state index < -0.39 is 0 Å². The number of aromatic nitrogens is 1. The number of ether oxygens (including phenoxy) is 1. The van der Waals surface area contributed by atoms with E-state index in [4.69, 9.17) is 10.5 Å². The van der Waals surface area contributed by atoms with Crippen molar-refractivity contribution in [1.82, 2.24) is 4.98 Å². The van der Waals surface area contributed by atoms with Crippen LogP contribution in [0.1, 0.15) is 24.3 Å². The first-order valence-electron chi connectivity index (χ1n) is 6.88. The minimum Gasteiger partial charge on any atom is -0.469 e. The van der Waals surface area contributed by atoms with Crippen LogP contribution in [0.4, 0.5) is 5.69 Å². The van der Waals surface area contributed by atoms with E-state index in [-0.39, 0.29) is 11.4 Å². The predicted octanol–water partition coefficient (Wildman–Crippen LogP) is 3.62. The summed E-state index contributed by atoms with van der Waals surface area (Å²) < 4.78 is 5.91. The van der Waals surface area contributed by atoms with Gasteiger partial charge in [0.15, 0.2) is 0 Å². The molecule has 1 heterocycles. The number of aryl methyl sites for hydroxylation is 1. The lowest BCUT2D eigenvalue weighted by Crippen LogP contribution is -2.13. The Labute approximate surface area is 132 Å². The summed E-state index contributed by atoms with van der Waals surface area (Å²) in [6.07, 6.45) is 2.69. The molecule has 0 atom stereocenters. The summed E-state index contributed by atoms with van der Waals surface area (Å²) in [6.45, 7) is 2.00. The summed E-state index contributed by atoms with van der Waals surface area (Å²) in [5.41, 5.74) is 8.05. The van der Waals surface area contributed by atoms with E-state index in [1.807, 2.05) is 13.0 Å². The standard InChI is InChI=1S/C15H18N2O2S2/c1-9-17-11-6-12(10(16)5-13(11)21-9)20-8-15(3-4-15)7-14(18)19-2/h5-6H,3-4,7-8,16H2,1-2H3. The van der Waals surface area contributed by atoms with E-state index in [0.29, 0.717) is 6.42 Å². The van der Waals surface area contributed by atoms with E-state index in [1.54, 1.807) is 23.1 Å². The van der Waals surface area contributed by atoms with Crippen LogP contribution in [0.3, 0.4) is 0 Å². The Bertz CT molecular complexity index is 692. The molecule has 1 aliphatic rings. The highest BCUT2D eigenvalue weighted by molar-refractivity contribution is 7.99. The van der Waals surface area contributed by atoms with Gasteiger partial charge in [0.25, 0.3) is 0 Å². The van der Waals surface area contributed by atoms with Gasteiger partial charge < -0.3 is 10.5 Å². The number of fused-ring (bicyclic) bond motifs is 1. The SMILES string of the molecule is COC(=O)CC1(CSc2cc3nc(C)sc3cc2N)CC1. The smallest absolute Gasteiger partial charge is 0.306 e. The first-order chi connectivity index (χ1) is 10.0. The van der Waals surface area contributed by atoms with Crippen LogP contribution in [-0.4, -0.2) is 23.8 Å². The lowest BCUT2D eigenvalue weighted by molar-refractivity contribution is -0.141. The minimum absolute atomic E-state index is 0.108. The fraction of sp³-hybridized carbons (Fsp3) is 0.467. The highest BCUT2D eigenvalue weighted by atomic mass is 32.2. The first kappa shape index (κ1) is 14.7. The number of hydrogen-bond acceptors (Lipinski definition) is 6. The Morgan fingerprint density at radius 2 is 2.29 bits per heavy atom. The molecule has 4 nitrogen and oxygen atoms in total. The number of hydrogen-bond donors (Lipinski definition) is 1. The fourth-order valence-electron chi connectivity index (χ4n) is 2.37. The third-order valence-electron chi connectivity index (χ3n) is 3.86. The molecule has 1 aliphatic carbocycles. The van der Waals surface area contributed by atoms with Gasteiger partial charge in [-0.15, -0.1) is 23.1 Å². The highest BCUT2D eigenvalue weighted by Gasteiger charge is 2.44. The quantitative estimate of drug-likeness (QED) is 0.517. The number of methoxy groups -OCH3 is 1. The Balaban J connectivity index is 1.73. The molecule has 0 amide bonds. The first-order valence-corrected chi connectivity index (χ1v) is 8.68. The number of nitrogens with zero attached hydrogens (tertiary/aromatic N) is 1. The molecule has 0 radical (unpaired) electrons. The molecule has 0 aliphatic heterocycles. The summed E-state index contributed by atoms with van der Waals surface area (Å²) in [7, 11) is 1.45. The van der Waals surface area contributed by atoms with Crippen LogP contribution in [-0.2, 0) is 9.53 Å². The topological polar surface area (TPSA) is 65.2 Å². The van der Waals surface area contributed by atoms with Gasteiger partial charge in [0.2, 0.25) is 0 Å². The van der Waals surface area contributed by atoms with Gasteiger partial charge in [-0.2, -0.15) is 0 Å². The average Bonchev–Trinajstić information content (AvgIpc) is 3.10. The Kier molecular flexibility index (Phi) is 3.84. The van der Waals surface area contributed by atoms with Crippen LogP contribution in [0, 0.1) is 12.3 Å². The zero-order chi connectivity index (χ0) is 15.0. The highest BCUT2D eigenvalue weighted by Crippen LogP contribution is 2.52. The van der Waals surface area contributed by atoms with Crippen molar-refractivity contribution in [2.75, 3.05) is 18.6 Å². The summed E-state index contributed by atoms with van der Waals surface area (Å²) in [4.78, 5) is 17.0. The minimum atomic E-state index is -0.119. The van der Waals surface area contributed by atoms with E-state index in [9.17, 15) is 4.79 Å².